The molecule has 1 aromatic rings. The molecule has 0 unspecified atom stereocenters. The largest absolute Gasteiger partial charge is 0.486 e. The molecule has 1 saturated carbocycles. The first-order valence-corrected chi connectivity index (χ1v) is 8.49. The van der Waals surface area contributed by atoms with Crippen LogP contribution in [-0.4, -0.2) is 20.8 Å². The van der Waals surface area contributed by atoms with Gasteiger partial charge < -0.3 is 4.74 Å². The minimum Gasteiger partial charge on any atom is -0.486 e. The Hall–Kier alpha value is -1.63. The molecular formula is C13H18N2O4S. The highest BCUT2D eigenvalue weighted by molar-refractivity contribution is 7.92. The van der Waals surface area contributed by atoms with Gasteiger partial charge in [0.15, 0.2) is 11.4 Å². The molecule has 20 heavy (non-hydrogen) atoms. The summed E-state index contributed by atoms with van der Waals surface area (Å²) in [4.78, 5) is 10.9. The van der Waals surface area contributed by atoms with Gasteiger partial charge in [-0.2, -0.15) is 0 Å². The third kappa shape index (κ3) is 3.93. The van der Waals surface area contributed by atoms with E-state index in [1.165, 1.54) is 12.5 Å². The molecule has 0 aliphatic heterocycles. The number of nitroso groups, excluding NO2 is 1. The minimum atomic E-state index is -3.44. The molecule has 0 bridgehead atoms. The fourth-order valence-electron chi connectivity index (χ4n) is 2.35. The first-order chi connectivity index (χ1) is 9.49. The standard InChI is InChI=1S/C13H18N2O4S/c1-20(17,18)15-12-9-5-8-11(14-16)13(12)19-10-6-3-2-4-7-10/h5,8-10,15H,2-4,6-7H2,1H3. The van der Waals surface area contributed by atoms with Crippen LogP contribution in [0, 0.1) is 4.91 Å². The van der Waals surface area contributed by atoms with Crippen molar-refractivity contribution in [1.29, 1.82) is 0 Å². The van der Waals surface area contributed by atoms with E-state index in [1.54, 1.807) is 12.1 Å². The number of sulfonamides is 1. The summed E-state index contributed by atoms with van der Waals surface area (Å²) in [5.74, 6) is 0.222. The molecule has 0 amide bonds. The average Bonchev–Trinajstić information content (AvgIpc) is 2.40. The first kappa shape index (κ1) is 14.8. The van der Waals surface area contributed by atoms with Crippen LogP contribution in [0.2, 0.25) is 0 Å². The predicted molar refractivity (Wildman–Crippen MR) is 77.9 cm³/mol. The van der Waals surface area contributed by atoms with Crippen LogP contribution in [-0.2, 0) is 10.0 Å². The van der Waals surface area contributed by atoms with Gasteiger partial charge in [-0.15, -0.1) is 4.91 Å². The summed E-state index contributed by atoms with van der Waals surface area (Å²) in [5, 5.41) is 2.92. The van der Waals surface area contributed by atoms with Crippen LogP contribution in [0.3, 0.4) is 0 Å². The fraction of sp³-hybridized carbons (Fsp3) is 0.538. The van der Waals surface area contributed by atoms with Gasteiger partial charge in [0.2, 0.25) is 10.0 Å². The Bertz CT molecular complexity index is 580. The summed E-state index contributed by atoms with van der Waals surface area (Å²) in [6.45, 7) is 0. The number of benzene rings is 1. The van der Waals surface area contributed by atoms with Crippen LogP contribution in [0.5, 0.6) is 5.75 Å². The second kappa shape index (κ2) is 6.21. The molecule has 0 atom stereocenters. The minimum absolute atomic E-state index is 0.00626. The molecule has 0 aromatic heterocycles. The van der Waals surface area contributed by atoms with E-state index in [2.05, 4.69) is 9.90 Å². The van der Waals surface area contributed by atoms with E-state index in [0.29, 0.717) is 0 Å². The monoisotopic (exact) mass is 298 g/mol. The highest BCUT2D eigenvalue weighted by Crippen LogP contribution is 2.38. The van der Waals surface area contributed by atoms with Crippen LogP contribution in [0.25, 0.3) is 0 Å². The number of anilines is 1. The number of nitrogens with zero attached hydrogens (tertiary/aromatic N) is 1. The Morgan fingerprint density at radius 3 is 2.55 bits per heavy atom. The van der Waals surface area contributed by atoms with Crippen molar-refractivity contribution >= 4 is 21.4 Å². The van der Waals surface area contributed by atoms with Crippen LogP contribution >= 0.6 is 0 Å². The van der Waals surface area contributed by atoms with Gasteiger partial charge in [-0.05, 0) is 43.0 Å². The van der Waals surface area contributed by atoms with Gasteiger partial charge in [-0.3, -0.25) is 4.72 Å². The number of para-hydroxylation sites is 1. The lowest BCUT2D eigenvalue weighted by atomic mass is 9.98. The molecule has 1 fully saturated rings. The maximum atomic E-state index is 11.4. The molecule has 1 aliphatic carbocycles. The van der Waals surface area contributed by atoms with Crippen LogP contribution in [0.1, 0.15) is 32.1 Å². The Morgan fingerprint density at radius 2 is 1.95 bits per heavy atom. The molecule has 7 heteroatoms. The smallest absolute Gasteiger partial charge is 0.229 e. The normalized spacial score (nSPS) is 16.6. The van der Waals surface area contributed by atoms with E-state index in [-0.39, 0.29) is 23.2 Å². The Kier molecular flexibility index (Phi) is 4.59. The molecule has 0 spiro atoms. The molecule has 1 aromatic carbocycles. The maximum Gasteiger partial charge on any atom is 0.229 e. The Morgan fingerprint density at radius 1 is 1.25 bits per heavy atom. The molecule has 2 rings (SSSR count). The zero-order valence-corrected chi connectivity index (χ0v) is 12.1. The van der Waals surface area contributed by atoms with Gasteiger partial charge in [0.25, 0.3) is 0 Å². The van der Waals surface area contributed by atoms with Crippen molar-refractivity contribution in [1.82, 2.24) is 0 Å². The van der Waals surface area contributed by atoms with E-state index < -0.39 is 10.0 Å². The van der Waals surface area contributed by atoms with E-state index in [0.717, 1.165) is 31.9 Å². The van der Waals surface area contributed by atoms with Crippen molar-refractivity contribution < 1.29 is 13.2 Å². The summed E-state index contributed by atoms with van der Waals surface area (Å²) >= 11 is 0. The zero-order valence-electron chi connectivity index (χ0n) is 11.3. The summed E-state index contributed by atoms with van der Waals surface area (Å²) in [7, 11) is -3.44. The van der Waals surface area contributed by atoms with Crippen molar-refractivity contribution in [3.8, 4) is 5.75 Å². The lowest BCUT2D eigenvalue weighted by Crippen LogP contribution is -2.21. The van der Waals surface area contributed by atoms with Crippen molar-refractivity contribution in [3.05, 3.63) is 23.1 Å². The topological polar surface area (TPSA) is 84.8 Å². The van der Waals surface area contributed by atoms with E-state index in [4.69, 9.17) is 4.74 Å². The third-order valence-electron chi connectivity index (χ3n) is 3.22. The number of ether oxygens (including phenoxy) is 1. The molecule has 1 N–H and O–H groups in total. The third-order valence-corrected chi connectivity index (χ3v) is 3.82. The van der Waals surface area contributed by atoms with Crippen LogP contribution < -0.4 is 9.46 Å². The quantitative estimate of drug-likeness (QED) is 0.846. The fourth-order valence-corrected chi connectivity index (χ4v) is 2.91. The van der Waals surface area contributed by atoms with Crippen molar-refractivity contribution in [2.45, 2.75) is 38.2 Å². The van der Waals surface area contributed by atoms with Crippen LogP contribution in [0.15, 0.2) is 23.4 Å². The van der Waals surface area contributed by atoms with Crippen molar-refractivity contribution in [2.24, 2.45) is 5.18 Å². The van der Waals surface area contributed by atoms with Gasteiger partial charge in [0.05, 0.1) is 18.0 Å². The average molecular weight is 298 g/mol. The summed E-state index contributed by atoms with van der Waals surface area (Å²) < 4.78 is 30.9. The predicted octanol–water partition coefficient (Wildman–Crippen LogP) is 3.17. The van der Waals surface area contributed by atoms with E-state index >= 15 is 0 Å². The van der Waals surface area contributed by atoms with Gasteiger partial charge in [0, 0.05) is 0 Å². The summed E-state index contributed by atoms with van der Waals surface area (Å²) in [5.41, 5.74) is 0.374. The lowest BCUT2D eigenvalue weighted by Gasteiger charge is -2.24. The highest BCUT2D eigenvalue weighted by atomic mass is 32.2. The van der Waals surface area contributed by atoms with Gasteiger partial charge in [-0.1, -0.05) is 12.5 Å². The number of hydrogen-bond acceptors (Lipinski definition) is 5. The molecule has 1 aliphatic rings. The highest BCUT2D eigenvalue weighted by Gasteiger charge is 2.20. The number of rotatable bonds is 5. The lowest BCUT2D eigenvalue weighted by molar-refractivity contribution is 0.156. The Balaban J connectivity index is 2.29. The number of nitrogens with one attached hydrogen (secondary N) is 1. The molecule has 6 nitrogen and oxygen atoms in total. The van der Waals surface area contributed by atoms with Crippen molar-refractivity contribution in [3.63, 3.8) is 0 Å². The van der Waals surface area contributed by atoms with Crippen molar-refractivity contribution in [2.75, 3.05) is 11.0 Å². The SMILES string of the molecule is CS(=O)(=O)Nc1cccc(N=O)c1OC1CCCCC1. The van der Waals surface area contributed by atoms with Crippen LogP contribution in [0.4, 0.5) is 11.4 Å². The second-order valence-corrected chi connectivity index (χ2v) is 6.75. The summed E-state index contributed by atoms with van der Waals surface area (Å²) in [6, 6.07) is 4.64. The molecule has 0 heterocycles. The number of hydrogen-bond donors (Lipinski definition) is 1. The molecule has 0 radical (unpaired) electrons. The van der Waals surface area contributed by atoms with E-state index in [9.17, 15) is 13.3 Å². The van der Waals surface area contributed by atoms with Gasteiger partial charge in [0.1, 0.15) is 0 Å². The van der Waals surface area contributed by atoms with Gasteiger partial charge in [-0.25, -0.2) is 8.42 Å². The molecular weight excluding hydrogens is 280 g/mol. The molecule has 110 valence electrons. The maximum absolute atomic E-state index is 11.4. The molecule has 0 saturated heterocycles. The van der Waals surface area contributed by atoms with E-state index in [1.807, 2.05) is 0 Å². The van der Waals surface area contributed by atoms with Gasteiger partial charge >= 0.3 is 0 Å². The second-order valence-electron chi connectivity index (χ2n) is 5.00. The summed E-state index contributed by atoms with van der Waals surface area (Å²) in [6.07, 6.45) is 6.22. The first-order valence-electron chi connectivity index (χ1n) is 6.60. The zero-order chi connectivity index (χ0) is 14.6. The Labute approximate surface area is 118 Å².